The first-order chi connectivity index (χ1) is 23.8. The fourth-order valence-corrected chi connectivity index (χ4v) is 10.9. The Kier molecular flexibility index (Phi) is 5.00. The van der Waals surface area contributed by atoms with Crippen LogP contribution in [0.3, 0.4) is 0 Å². The molecule has 4 aliphatic carbocycles. The highest BCUT2D eigenvalue weighted by Crippen LogP contribution is 2.62. The molecule has 0 spiro atoms. The van der Waals surface area contributed by atoms with Crippen molar-refractivity contribution in [1.82, 2.24) is 0 Å². The molecule has 0 radical (unpaired) electrons. The van der Waals surface area contributed by atoms with Crippen molar-refractivity contribution in [2.75, 3.05) is 0 Å². The van der Waals surface area contributed by atoms with Crippen LogP contribution in [0.15, 0.2) is 109 Å². The molecule has 7 aromatic rings. The van der Waals surface area contributed by atoms with Crippen molar-refractivity contribution in [2.24, 2.45) is 0 Å². The molecule has 0 saturated carbocycles. The van der Waals surface area contributed by atoms with E-state index in [0.717, 1.165) is 0 Å². The molecule has 4 aliphatic rings. The molecule has 0 amide bonds. The zero-order chi connectivity index (χ0) is 34.3. The van der Waals surface area contributed by atoms with Gasteiger partial charge in [-0.3, -0.25) is 0 Å². The van der Waals surface area contributed by atoms with Crippen LogP contribution in [0.4, 0.5) is 0 Å². The molecule has 50 heavy (non-hydrogen) atoms. The second-order valence-electron chi connectivity index (χ2n) is 17.8. The lowest BCUT2D eigenvalue weighted by atomic mass is 9.68. The fourth-order valence-electron chi connectivity index (χ4n) is 10.9. The predicted molar refractivity (Wildman–Crippen MR) is 212 cm³/mol. The van der Waals surface area contributed by atoms with E-state index in [4.69, 9.17) is 0 Å². The quantitative estimate of drug-likeness (QED) is 0.176. The maximum absolute atomic E-state index is 2.51. The fraction of sp³-hybridized carbons (Fsp3) is 0.240. The van der Waals surface area contributed by atoms with Crippen molar-refractivity contribution in [2.45, 2.75) is 77.0 Å². The lowest BCUT2D eigenvalue weighted by molar-refractivity contribution is 0.639. The molecule has 0 aromatic heterocycles. The minimum atomic E-state index is -0.0846. The first-order valence-electron chi connectivity index (χ1n) is 18.4. The molecule has 0 heterocycles. The average molecular weight is 643 g/mol. The maximum atomic E-state index is 2.51. The van der Waals surface area contributed by atoms with Gasteiger partial charge in [0, 0.05) is 21.7 Å². The Morgan fingerprint density at radius 2 is 0.620 bits per heavy atom. The molecule has 242 valence electrons. The summed E-state index contributed by atoms with van der Waals surface area (Å²) in [4.78, 5) is 0. The van der Waals surface area contributed by atoms with Crippen molar-refractivity contribution in [3.05, 3.63) is 154 Å². The van der Waals surface area contributed by atoms with E-state index in [2.05, 4.69) is 165 Å². The Labute approximate surface area is 295 Å². The maximum Gasteiger partial charge on any atom is 0.0159 e. The molecule has 7 aromatic carbocycles. The molecular weight excluding hydrogens is 601 g/mol. The van der Waals surface area contributed by atoms with E-state index in [0.29, 0.717) is 0 Å². The van der Waals surface area contributed by atoms with Gasteiger partial charge in [0.05, 0.1) is 0 Å². The molecule has 0 unspecified atom stereocenters. The second kappa shape index (κ2) is 8.67. The Bertz CT molecular complexity index is 2530. The molecule has 0 N–H and O–H groups in total. The minimum absolute atomic E-state index is 0.0513. The van der Waals surface area contributed by atoms with Crippen LogP contribution >= 0.6 is 0 Å². The summed E-state index contributed by atoms with van der Waals surface area (Å²) < 4.78 is 0. The zero-order valence-electron chi connectivity index (χ0n) is 30.4. The Balaban J connectivity index is 1.07. The van der Waals surface area contributed by atoms with Crippen molar-refractivity contribution in [3.63, 3.8) is 0 Å². The summed E-state index contributed by atoms with van der Waals surface area (Å²) in [5.41, 5.74) is 22.5. The van der Waals surface area contributed by atoms with Gasteiger partial charge < -0.3 is 0 Å². The second-order valence-corrected chi connectivity index (χ2v) is 17.8. The van der Waals surface area contributed by atoms with Crippen LogP contribution in [0.25, 0.3) is 66.1 Å². The molecule has 0 fully saturated rings. The van der Waals surface area contributed by atoms with Gasteiger partial charge in [0.2, 0.25) is 0 Å². The SMILES string of the molecule is CC1(C)c2cc(-c3ccc(-c4cc5c6c(c4)C(C)(C)c4cccc7ccc(c-6c47)C5(C)C)cc3)cc3c2-c2c1ccc1cccc(c21)C3(C)C. The van der Waals surface area contributed by atoms with Crippen LogP contribution in [0.1, 0.15) is 99.9 Å². The van der Waals surface area contributed by atoms with Crippen LogP contribution in [-0.4, -0.2) is 0 Å². The smallest absolute Gasteiger partial charge is 0.0159 e. The highest BCUT2D eigenvalue weighted by Gasteiger charge is 2.46. The number of rotatable bonds is 2. The minimum Gasteiger partial charge on any atom is -0.0613 e. The first kappa shape index (κ1) is 28.9. The molecule has 0 nitrogen and oxygen atoms in total. The van der Waals surface area contributed by atoms with Gasteiger partial charge in [-0.15, -0.1) is 0 Å². The van der Waals surface area contributed by atoms with Crippen molar-refractivity contribution < 1.29 is 0 Å². The lowest BCUT2D eigenvalue weighted by Gasteiger charge is -2.35. The van der Waals surface area contributed by atoms with E-state index in [9.17, 15) is 0 Å². The van der Waals surface area contributed by atoms with E-state index in [1.165, 1.54) is 111 Å². The summed E-state index contributed by atoms with van der Waals surface area (Å²) >= 11 is 0. The van der Waals surface area contributed by atoms with E-state index in [-0.39, 0.29) is 21.7 Å². The van der Waals surface area contributed by atoms with Crippen molar-refractivity contribution in [1.29, 1.82) is 0 Å². The summed E-state index contributed by atoms with van der Waals surface area (Å²) in [6.45, 7) is 19.4. The van der Waals surface area contributed by atoms with Gasteiger partial charge in [0.15, 0.2) is 0 Å². The summed E-state index contributed by atoms with van der Waals surface area (Å²) in [6.07, 6.45) is 0. The van der Waals surface area contributed by atoms with Gasteiger partial charge in [-0.25, -0.2) is 0 Å². The predicted octanol–water partition coefficient (Wildman–Crippen LogP) is 13.2. The molecular formula is C50H42. The van der Waals surface area contributed by atoms with Gasteiger partial charge in [0.1, 0.15) is 0 Å². The van der Waals surface area contributed by atoms with Gasteiger partial charge in [0.25, 0.3) is 0 Å². The lowest BCUT2D eigenvalue weighted by Crippen LogP contribution is -2.24. The number of hydrogen-bond donors (Lipinski definition) is 0. The van der Waals surface area contributed by atoms with Crippen LogP contribution in [0, 0.1) is 0 Å². The molecule has 0 atom stereocenters. The van der Waals surface area contributed by atoms with Crippen LogP contribution in [0.2, 0.25) is 0 Å². The Morgan fingerprint density at radius 1 is 0.280 bits per heavy atom. The van der Waals surface area contributed by atoms with E-state index < -0.39 is 0 Å². The third kappa shape index (κ3) is 3.17. The number of benzene rings is 7. The molecule has 0 heteroatoms. The highest BCUT2D eigenvalue weighted by atomic mass is 14.5. The van der Waals surface area contributed by atoms with Gasteiger partial charge >= 0.3 is 0 Å². The summed E-state index contributed by atoms with van der Waals surface area (Å²) in [5, 5.41) is 5.64. The van der Waals surface area contributed by atoms with Crippen LogP contribution < -0.4 is 0 Å². The monoisotopic (exact) mass is 642 g/mol. The summed E-state index contributed by atoms with van der Waals surface area (Å²) in [6, 6.07) is 42.8. The normalized spacial score (nSPS) is 18.2. The van der Waals surface area contributed by atoms with E-state index in [1.807, 2.05) is 0 Å². The molecule has 0 saturated heterocycles. The van der Waals surface area contributed by atoms with Gasteiger partial charge in [-0.1, -0.05) is 140 Å². The third-order valence-corrected chi connectivity index (χ3v) is 13.8. The van der Waals surface area contributed by atoms with Crippen molar-refractivity contribution >= 4 is 21.5 Å². The van der Waals surface area contributed by atoms with Gasteiger partial charge in [-0.05, 0) is 135 Å². The van der Waals surface area contributed by atoms with Crippen LogP contribution in [0.5, 0.6) is 0 Å². The molecule has 0 bridgehead atoms. The number of hydrogen-bond acceptors (Lipinski definition) is 0. The topological polar surface area (TPSA) is 0 Å². The molecule has 11 rings (SSSR count). The van der Waals surface area contributed by atoms with Crippen molar-refractivity contribution in [3.8, 4) is 44.5 Å². The summed E-state index contributed by atoms with van der Waals surface area (Å²) in [7, 11) is 0. The van der Waals surface area contributed by atoms with Crippen LogP contribution in [-0.2, 0) is 21.7 Å². The Hall–Kier alpha value is -4.94. The standard InChI is InChI=1S/C50H42/c1-47(2)33-13-9-11-29-19-21-35-45(41(29)33)43-37(47)23-31(25-39(43)49(35,5)6)27-15-17-28(18-16-27)32-24-38-44-40(26-32)50(7,8)36-22-20-30-12-10-14-34(48(38,3)4)42(30)46(36)44/h9-26H,1-8H3. The van der Waals surface area contributed by atoms with E-state index in [1.54, 1.807) is 0 Å². The first-order valence-corrected chi connectivity index (χ1v) is 18.4. The zero-order valence-corrected chi connectivity index (χ0v) is 30.4. The van der Waals surface area contributed by atoms with Gasteiger partial charge in [-0.2, -0.15) is 0 Å². The Morgan fingerprint density at radius 3 is 0.980 bits per heavy atom. The van der Waals surface area contributed by atoms with E-state index >= 15 is 0 Å². The highest BCUT2D eigenvalue weighted by molar-refractivity contribution is 6.10. The molecule has 0 aliphatic heterocycles. The average Bonchev–Trinajstić information content (AvgIpc) is 3.49. The summed E-state index contributed by atoms with van der Waals surface area (Å²) in [5.74, 6) is 0. The third-order valence-electron chi connectivity index (χ3n) is 13.8. The largest absolute Gasteiger partial charge is 0.0613 e.